The predicted molar refractivity (Wildman–Crippen MR) is 65.5 cm³/mol. The van der Waals surface area contributed by atoms with E-state index in [9.17, 15) is 4.79 Å². The molecule has 0 spiro atoms. The van der Waals surface area contributed by atoms with Crippen LogP contribution in [0.5, 0.6) is 0 Å². The van der Waals surface area contributed by atoms with Gasteiger partial charge in [-0.2, -0.15) is 4.98 Å². The molecule has 3 rings (SSSR count). The van der Waals surface area contributed by atoms with Gasteiger partial charge in [0.1, 0.15) is 5.82 Å². The van der Waals surface area contributed by atoms with Crippen molar-refractivity contribution in [2.75, 3.05) is 11.9 Å². The van der Waals surface area contributed by atoms with Crippen molar-refractivity contribution in [1.29, 1.82) is 0 Å². The molecule has 0 unspecified atom stereocenters. The van der Waals surface area contributed by atoms with Crippen molar-refractivity contribution in [3.8, 4) is 0 Å². The molecule has 0 radical (unpaired) electrons. The third-order valence-electron chi connectivity index (χ3n) is 2.67. The second kappa shape index (κ2) is 3.45. The van der Waals surface area contributed by atoms with Crippen molar-refractivity contribution in [2.45, 2.75) is 0 Å². The summed E-state index contributed by atoms with van der Waals surface area (Å²) < 4.78 is 0. The summed E-state index contributed by atoms with van der Waals surface area (Å²) in [6.45, 7) is 0.722. The number of hydrogen-bond donors (Lipinski definition) is 1. The Labute approximate surface area is 92.5 Å². The Balaban J connectivity index is 2.49. The maximum absolute atomic E-state index is 11.9. The number of hydrogen-bond acceptors (Lipinski definition) is 3. The fraction of sp³-hybridized carbons (Fsp3) is 0.0769. The summed E-state index contributed by atoms with van der Waals surface area (Å²) in [6, 6.07) is 9.50. The van der Waals surface area contributed by atoms with Crippen LogP contribution in [0, 0.1) is 0 Å². The van der Waals surface area contributed by atoms with Crippen LogP contribution in [0.1, 0.15) is 5.56 Å². The molecule has 0 saturated heterocycles. The first-order valence-electron chi connectivity index (χ1n) is 5.19. The Kier molecular flexibility index (Phi) is 1.96. The van der Waals surface area contributed by atoms with E-state index in [2.05, 4.69) is 10.3 Å². The fourth-order valence-electron chi connectivity index (χ4n) is 1.89. The minimum Gasteiger partial charge on any atom is -0.366 e. The summed E-state index contributed by atoms with van der Waals surface area (Å²) in [5.74, 6) is 0.670. The average molecular weight is 210 g/mol. The molecule has 1 aliphatic rings. The van der Waals surface area contributed by atoms with E-state index in [1.165, 1.54) is 0 Å². The lowest BCUT2D eigenvalue weighted by molar-refractivity contribution is 1.20. The van der Waals surface area contributed by atoms with Gasteiger partial charge in [0.2, 0.25) is 0 Å². The summed E-state index contributed by atoms with van der Waals surface area (Å²) >= 11 is 0. The lowest BCUT2D eigenvalue weighted by Gasteiger charge is -2.07. The van der Waals surface area contributed by atoms with Crippen LogP contribution >= 0.6 is 0 Å². The summed E-state index contributed by atoms with van der Waals surface area (Å²) in [7, 11) is 0. The van der Waals surface area contributed by atoms with Gasteiger partial charge in [0.15, 0.2) is 0 Å². The van der Waals surface area contributed by atoms with E-state index in [0.717, 1.165) is 17.5 Å². The third kappa shape index (κ3) is 1.37. The zero-order valence-corrected chi connectivity index (χ0v) is 8.60. The van der Waals surface area contributed by atoms with E-state index in [1.807, 2.05) is 36.4 Å². The molecule has 0 bridgehead atoms. The summed E-state index contributed by atoms with van der Waals surface area (Å²) in [5.41, 5.74) is 0.782. The quantitative estimate of drug-likeness (QED) is 0.723. The van der Waals surface area contributed by atoms with Crippen LogP contribution in [-0.2, 0) is 0 Å². The molecular formula is C13H10N2O. The lowest BCUT2D eigenvalue weighted by atomic mass is 10.1. The summed E-state index contributed by atoms with van der Waals surface area (Å²) in [5, 5.41) is 4.69. The molecule has 0 atom stereocenters. The van der Waals surface area contributed by atoms with E-state index in [-0.39, 0.29) is 5.56 Å². The van der Waals surface area contributed by atoms with Crippen molar-refractivity contribution in [2.24, 2.45) is 0 Å². The number of aromatic nitrogens is 1. The zero-order valence-electron chi connectivity index (χ0n) is 8.60. The second-order valence-electron chi connectivity index (χ2n) is 3.74. The van der Waals surface area contributed by atoms with E-state index >= 15 is 0 Å². The van der Waals surface area contributed by atoms with Crippen molar-refractivity contribution in [3.63, 3.8) is 0 Å². The van der Waals surface area contributed by atoms with Crippen LogP contribution in [0.4, 0.5) is 5.82 Å². The standard InChI is InChI=1S/C13H10N2O/c16-13-11-6-2-1-4-9(11)8-10-5-3-7-14-12(10)15-13/h1-6,8H,7H2,(H,14,15,16). The van der Waals surface area contributed by atoms with Gasteiger partial charge >= 0.3 is 0 Å². The Hall–Kier alpha value is -2.16. The number of rotatable bonds is 0. The van der Waals surface area contributed by atoms with Gasteiger partial charge in [-0.15, -0.1) is 0 Å². The maximum Gasteiger partial charge on any atom is 0.279 e. The molecule has 2 heterocycles. The van der Waals surface area contributed by atoms with Crippen LogP contribution in [0.15, 0.2) is 41.2 Å². The Morgan fingerprint density at radius 3 is 3.06 bits per heavy atom. The monoisotopic (exact) mass is 210 g/mol. The van der Waals surface area contributed by atoms with Crippen molar-refractivity contribution in [3.05, 3.63) is 52.3 Å². The molecule has 3 nitrogen and oxygen atoms in total. The lowest BCUT2D eigenvalue weighted by Crippen LogP contribution is -2.10. The van der Waals surface area contributed by atoms with Gasteiger partial charge in [-0.3, -0.25) is 4.79 Å². The van der Waals surface area contributed by atoms with E-state index < -0.39 is 0 Å². The first-order valence-corrected chi connectivity index (χ1v) is 5.19. The van der Waals surface area contributed by atoms with Crippen LogP contribution in [0.25, 0.3) is 16.8 Å². The molecule has 1 aliphatic heterocycles. The van der Waals surface area contributed by atoms with Gasteiger partial charge in [0.25, 0.3) is 5.56 Å². The molecule has 0 saturated carbocycles. The Bertz CT molecular complexity index is 647. The molecule has 0 amide bonds. The molecule has 1 N–H and O–H groups in total. The van der Waals surface area contributed by atoms with Crippen molar-refractivity contribution < 1.29 is 0 Å². The molecule has 1 aromatic heterocycles. The van der Waals surface area contributed by atoms with Crippen LogP contribution in [0.3, 0.4) is 0 Å². The molecule has 78 valence electrons. The van der Waals surface area contributed by atoms with Crippen LogP contribution in [-0.4, -0.2) is 11.5 Å². The third-order valence-corrected chi connectivity index (χ3v) is 2.67. The molecule has 16 heavy (non-hydrogen) atoms. The molecule has 0 aliphatic carbocycles. The van der Waals surface area contributed by atoms with E-state index in [0.29, 0.717) is 11.2 Å². The SMILES string of the molecule is O=c1nc2c(cc3ccccc13)C=CCN2. The van der Waals surface area contributed by atoms with E-state index in [1.54, 1.807) is 6.07 Å². The van der Waals surface area contributed by atoms with Crippen LogP contribution in [0.2, 0.25) is 0 Å². The van der Waals surface area contributed by atoms with E-state index in [4.69, 9.17) is 0 Å². The first-order chi connectivity index (χ1) is 7.84. The minimum absolute atomic E-state index is 0.181. The Morgan fingerprint density at radius 2 is 2.12 bits per heavy atom. The van der Waals surface area contributed by atoms with Crippen molar-refractivity contribution in [1.82, 2.24) is 4.98 Å². The minimum atomic E-state index is -0.181. The van der Waals surface area contributed by atoms with Gasteiger partial charge in [0, 0.05) is 17.5 Å². The molecule has 1 aromatic carbocycles. The van der Waals surface area contributed by atoms with Gasteiger partial charge in [-0.25, -0.2) is 0 Å². The van der Waals surface area contributed by atoms with Crippen molar-refractivity contribution >= 4 is 22.7 Å². The van der Waals surface area contributed by atoms with Gasteiger partial charge in [-0.05, 0) is 17.5 Å². The second-order valence-corrected chi connectivity index (χ2v) is 3.74. The number of anilines is 1. The molecule has 3 heteroatoms. The fourth-order valence-corrected chi connectivity index (χ4v) is 1.89. The number of fused-ring (bicyclic) bond motifs is 2. The highest BCUT2D eigenvalue weighted by molar-refractivity contribution is 5.84. The highest BCUT2D eigenvalue weighted by Gasteiger charge is 2.06. The maximum atomic E-state index is 11.9. The number of benzene rings is 1. The van der Waals surface area contributed by atoms with Crippen LogP contribution < -0.4 is 10.9 Å². The predicted octanol–water partition coefficient (Wildman–Crippen LogP) is 2.03. The van der Waals surface area contributed by atoms with Gasteiger partial charge in [0.05, 0.1) is 0 Å². The average Bonchev–Trinajstić information content (AvgIpc) is 2.45. The molecule has 0 fully saturated rings. The summed E-state index contributed by atoms with van der Waals surface area (Å²) in [6.07, 6.45) is 4.01. The largest absolute Gasteiger partial charge is 0.366 e. The highest BCUT2D eigenvalue weighted by Crippen LogP contribution is 2.19. The highest BCUT2D eigenvalue weighted by atomic mass is 16.1. The first kappa shape index (κ1) is 9.09. The molecule has 2 aromatic rings. The summed E-state index contributed by atoms with van der Waals surface area (Å²) in [4.78, 5) is 16.0. The number of nitrogens with zero attached hydrogens (tertiary/aromatic N) is 1. The Morgan fingerprint density at radius 1 is 1.25 bits per heavy atom. The van der Waals surface area contributed by atoms with Gasteiger partial charge < -0.3 is 5.32 Å². The smallest absolute Gasteiger partial charge is 0.279 e. The zero-order chi connectivity index (χ0) is 11.0. The molecular weight excluding hydrogens is 200 g/mol. The topological polar surface area (TPSA) is 42.0 Å². The normalized spacial score (nSPS) is 13.2. The number of nitrogens with one attached hydrogen (secondary N) is 1. The van der Waals surface area contributed by atoms with Gasteiger partial charge in [-0.1, -0.05) is 30.4 Å².